The van der Waals surface area contributed by atoms with Crippen LogP contribution >= 0.6 is 11.3 Å². The van der Waals surface area contributed by atoms with Crippen LogP contribution in [0.1, 0.15) is 22.2 Å². The summed E-state index contributed by atoms with van der Waals surface area (Å²) in [6.45, 7) is 2.21. The number of aromatic nitrogens is 3. The number of nitrogens with zero attached hydrogens (tertiary/aromatic N) is 3. The summed E-state index contributed by atoms with van der Waals surface area (Å²) in [5.74, 6) is -0.324. The second kappa shape index (κ2) is 7.64. The molecule has 1 fully saturated rings. The van der Waals surface area contributed by atoms with Crippen molar-refractivity contribution in [3.8, 4) is 0 Å². The van der Waals surface area contributed by atoms with Crippen LogP contribution in [0.25, 0.3) is 0 Å². The van der Waals surface area contributed by atoms with Crippen LogP contribution in [0.4, 0.5) is 0 Å². The molecule has 0 unspecified atom stereocenters. The van der Waals surface area contributed by atoms with Gasteiger partial charge in [-0.1, -0.05) is 5.21 Å². The van der Waals surface area contributed by atoms with Gasteiger partial charge in [-0.05, 0) is 22.4 Å². The molecule has 8 nitrogen and oxygen atoms in total. The van der Waals surface area contributed by atoms with Gasteiger partial charge in [0.1, 0.15) is 0 Å². The van der Waals surface area contributed by atoms with E-state index in [1.165, 1.54) is 22.2 Å². The maximum absolute atomic E-state index is 12.0. The van der Waals surface area contributed by atoms with Gasteiger partial charge in [0.05, 0.1) is 44.8 Å². The SMILES string of the molecule is O=C(NC[C@H]1COCCO1)c1cn(C[C@H](O)c2ccsc2)nn1. The van der Waals surface area contributed by atoms with Crippen molar-refractivity contribution in [2.75, 3.05) is 26.4 Å². The van der Waals surface area contributed by atoms with Crippen LogP contribution in [0.3, 0.4) is 0 Å². The Morgan fingerprint density at radius 3 is 3.22 bits per heavy atom. The van der Waals surface area contributed by atoms with Gasteiger partial charge in [0.15, 0.2) is 5.69 Å². The lowest BCUT2D eigenvalue weighted by Crippen LogP contribution is -2.39. The summed E-state index contributed by atoms with van der Waals surface area (Å²) >= 11 is 1.52. The number of hydrogen-bond donors (Lipinski definition) is 2. The van der Waals surface area contributed by atoms with E-state index in [0.717, 1.165) is 5.56 Å². The van der Waals surface area contributed by atoms with Crippen molar-refractivity contribution in [2.45, 2.75) is 18.8 Å². The standard InChI is InChI=1S/C14H18N4O4S/c19-13(10-1-4-23-9-10)7-18-6-12(16-17-18)14(20)15-5-11-8-21-2-3-22-11/h1,4,6,9,11,13,19H,2-3,5,7-8H2,(H,15,20)/t11-,13-/m0/s1. The van der Waals surface area contributed by atoms with Crippen molar-refractivity contribution in [1.29, 1.82) is 0 Å². The second-order valence-corrected chi connectivity index (χ2v) is 5.96. The highest BCUT2D eigenvalue weighted by Gasteiger charge is 2.18. The first-order chi connectivity index (χ1) is 11.2. The average molecular weight is 338 g/mol. The number of carbonyl (C=O) groups excluding carboxylic acids is 1. The molecule has 0 spiro atoms. The number of hydrogen-bond acceptors (Lipinski definition) is 7. The first-order valence-electron chi connectivity index (χ1n) is 7.30. The topological polar surface area (TPSA) is 98.5 Å². The van der Waals surface area contributed by atoms with E-state index in [9.17, 15) is 9.90 Å². The number of nitrogens with one attached hydrogen (secondary N) is 1. The summed E-state index contributed by atoms with van der Waals surface area (Å²) in [6, 6.07) is 1.85. The van der Waals surface area contributed by atoms with Crippen molar-refractivity contribution < 1.29 is 19.4 Å². The first kappa shape index (κ1) is 16.1. The van der Waals surface area contributed by atoms with Crippen LogP contribution in [0.5, 0.6) is 0 Å². The van der Waals surface area contributed by atoms with E-state index >= 15 is 0 Å². The monoisotopic (exact) mass is 338 g/mol. The molecule has 1 aliphatic heterocycles. The molecule has 1 amide bonds. The fourth-order valence-electron chi connectivity index (χ4n) is 2.19. The lowest BCUT2D eigenvalue weighted by atomic mass is 10.2. The fourth-order valence-corrected chi connectivity index (χ4v) is 2.90. The Kier molecular flexibility index (Phi) is 5.34. The molecule has 1 saturated heterocycles. The largest absolute Gasteiger partial charge is 0.386 e. The summed E-state index contributed by atoms with van der Waals surface area (Å²) in [5.41, 5.74) is 1.03. The van der Waals surface area contributed by atoms with E-state index in [2.05, 4.69) is 15.6 Å². The van der Waals surface area contributed by atoms with Gasteiger partial charge in [0.2, 0.25) is 0 Å². The Morgan fingerprint density at radius 2 is 2.48 bits per heavy atom. The molecule has 9 heteroatoms. The van der Waals surface area contributed by atoms with Crippen LogP contribution in [0.2, 0.25) is 0 Å². The molecule has 0 bridgehead atoms. The third-order valence-corrected chi connectivity index (χ3v) is 4.14. The van der Waals surface area contributed by atoms with E-state index in [0.29, 0.717) is 26.4 Å². The van der Waals surface area contributed by atoms with Crippen molar-refractivity contribution in [1.82, 2.24) is 20.3 Å². The van der Waals surface area contributed by atoms with Gasteiger partial charge in [-0.3, -0.25) is 4.79 Å². The van der Waals surface area contributed by atoms with Crippen molar-refractivity contribution in [3.05, 3.63) is 34.3 Å². The van der Waals surface area contributed by atoms with Gasteiger partial charge in [0, 0.05) is 6.54 Å². The fraction of sp³-hybridized carbons (Fsp3) is 0.500. The zero-order valence-corrected chi connectivity index (χ0v) is 13.2. The van der Waals surface area contributed by atoms with E-state index in [1.54, 1.807) is 0 Å². The Hall–Kier alpha value is -1.81. The predicted molar refractivity (Wildman–Crippen MR) is 82.2 cm³/mol. The van der Waals surface area contributed by atoms with Crippen LogP contribution in [0.15, 0.2) is 23.0 Å². The summed E-state index contributed by atoms with van der Waals surface area (Å²) in [6.07, 6.45) is 0.707. The Morgan fingerprint density at radius 1 is 1.57 bits per heavy atom. The van der Waals surface area contributed by atoms with Crippen molar-refractivity contribution in [2.24, 2.45) is 0 Å². The number of amides is 1. The van der Waals surface area contributed by atoms with Gasteiger partial charge in [0.25, 0.3) is 5.91 Å². The van der Waals surface area contributed by atoms with Crippen LogP contribution in [-0.4, -0.2) is 58.5 Å². The highest BCUT2D eigenvalue weighted by molar-refractivity contribution is 7.07. The molecule has 2 aromatic rings. The third kappa shape index (κ3) is 4.35. The molecule has 23 heavy (non-hydrogen) atoms. The van der Waals surface area contributed by atoms with Crippen LogP contribution < -0.4 is 5.32 Å². The lowest BCUT2D eigenvalue weighted by Gasteiger charge is -2.22. The molecule has 3 rings (SSSR count). The highest BCUT2D eigenvalue weighted by Crippen LogP contribution is 2.17. The molecule has 0 aliphatic carbocycles. The van der Waals surface area contributed by atoms with Crippen LogP contribution in [0, 0.1) is 0 Å². The number of aliphatic hydroxyl groups excluding tert-OH is 1. The van der Waals surface area contributed by atoms with Crippen molar-refractivity contribution >= 4 is 17.2 Å². The molecular formula is C14H18N4O4S. The lowest BCUT2D eigenvalue weighted by molar-refractivity contribution is -0.0855. The zero-order chi connectivity index (χ0) is 16.1. The van der Waals surface area contributed by atoms with Gasteiger partial charge in [-0.25, -0.2) is 4.68 Å². The molecule has 0 radical (unpaired) electrons. The highest BCUT2D eigenvalue weighted by atomic mass is 32.1. The van der Waals surface area contributed by atoms with Gasteiger partial charge in [-0.2, -0.15) is 11.3 Å². The molecule has 2 atom stereocenters. The van der Waals surface area contributed by atoms with Crippen LogP contribution in [-0.2, 0) is 16.0 Å². The summed E-state index contributed by atoms with van der Waals surface area (Å²) in [5, 5.41) is 24.3. The van der Waals surface area contributed by atoms with Gasteiger partial charge >= 0.3 is 0 Å². The molecule has 0 saturated carbocycles. The number of rotatable bonds is 6. The van der Waals surface area contributed by atoms with Gasteiger partial charge in [-0.15, -0.1) is 5.10 Å². The number of carbonyl (C=O) groups is 1. The maximum Gasteiger partial charge on any atom is 0.273 e. The molecule has 124 valence electrons. The molecule has 0 aromatic carbocycles. The van der Waals surface area contributed by atoms with Crippen molar-refractivity contribution in [3.63, 3.8) is 0 Å². The normalized spacial score (nSPS) is 19.4. The van der Waals surface area contributed by atoms with E-state index in [-0.39, 0.29) is 24.2 Å². The average Bonchev–Trinajstić information content (AvgIpc) is 3.25. The summed E-state index contributed by atoms with van der Waals surface area (Å²) in [4.78, 5) is 12.0. The molecule has 2 N–H and O–H groups in total. The first-order valence-corrected chi connectivity index (χ1v) is 8.24. The summed E-state index contributed by atoms with van der Waals surface area (Å²) in [7, 11) is 0. The third-order valence-electron chi connectivity index (χ3n) is 3.43. The van der Waals surface area contributed by atoms with Gasteiger partial charge < -0.3 is 19.9 Å². The Balaban J connectivity index is 1.50. The smallest absolute Gasteiger partial charge is 0.273 e. The maximum atomic E-state index is 12.0. The Bertz CT molecular complexity index is 625. The molecule has 3 heterocycles. The Labute approximate surface area is 137 Å². The number of thiophene rings is 1. The number of aliphatic hydroxyl groups is 1. The minimum atomic E-state index is -0.674. The van der Waals surface area contributed by atoms with E-state index in [4.69, 9.17) is 9.47 Å². The zero-order valence-electron chi connectivity index (χ0n) is 12.4. The summed E-state index contributed by atoms with van der Waals surface area (Å²) < 4.78 is 12.2. The van der Waals surface area contributed by atoms with E-state index in [1.807, 2.05) is 16.8 Å². The number of ether oxygens (including phenoxy) is 2. The molecule has 1 aliphatic rings. The minimum Gasteiger partial charge on any atom is -0.386 e. The van der Waals surface area contributed by atoms with E-state index < -0.39 is 6.10 Å². The molecule has 2 aromatic heterocycles. The quantitative estimate of drug-likeness (QED) is 0.782. The predicted octanol–water partition coefficient (Wildman–Crippen LogP) is 0.218. The molecular weight excluding hydrogens is 320 g/mol. The second-order valence-electron chi connectivity index (χ2n) is 5.18. The minimum absolute atomic E-state index is 0.136.